The summed E-state index contributed by atoms with van der Waals surface area (Å²) in [5.74, 6) is 0. The molecule has 1 atom stereocenters. The molecule has 0 saturated carbocycles. The van der Waals surface area contributed by atoms with E-state index in [9.17, 15) is 0 Å². The Morgan fingerprint density at radius 1 is 1.17 bits per heavy atom. The number of hydrogen-bond acceptors (Lipinski definition) is 4. The summed E-state index contributed by atoms with van der Waals surface area (Å²) in [6.45, 7) is 6.51. The molecule has 96 valence electrons. The molecule has 0 aromatic carbocycles. The van der Waals surface area contributed by atoms with E-state index in [2.05, 4.69) is 48.5 Å². The number of thiophene rings is 1. The summed E-state index contributed by atoms with van der Waals surface area (Å²) in [7, 11) is 1.90. The van der Waals surface area contributed by atoms with Crippen molar-refractivity contribution in [3.8, 4) is 0 Å². The lowest BCUT2D eigenvalue weighted by molar-refractivity contribution is 0.880. The SMILES string of the molecule is CNc1cncc(NC(C)c2cc(C)sc2C)c1. The third-order valence-corrected chi connectivity index (χ3v) is 3.94. The van der Waals surface area contributed by atoms with E-state index in [1.807, 2.05) is 30.8 Å². The summed E-state index contributed by atoms with van der Waals surface area (Å²) in [5, 5.41) is 6.59. The topological polar surface area (TPSA) is 37.0 Å². The maximum absolute atomic E-state index is 4.21. The van der Waals surface area contributed by atoms with Gasteiger partial charge in [0.25, 0.3) is 0 Å². The Bertz CT molecular complexity index is 534. The minimum Gasteiger partial charge on any atom is -0.387 e. The lowest BCUT2D eigenvalue weighted by atomic mass is 10.1. The van der Waals surface area contributed by atoms with Crippen molar-refractivity contribution in [1.29, 1.82) is 0 Å². The maximum atomic E-state index is 4.21. The van der Waals surface area contributed by atoms with Gasteiger partial charge < -0.3 is 10.6 Å². The van der Waals surface area contributed by atoms with E-state index in [-0.39, 0.29) is 0 Å². The largest absolute Gasteiger partial charge is 0.387 e. The first kappa shape index (κ1) is 12.9. The average molecular weight is 261 g/mol. The van der Waals surface area contributed by atoms with Crippen LogP contribution in [0.15, 0.2) is 24.5 Å². The molecule has 0 amide bonds. The van der Waals surface area contributed by atoms with Gasteiger partial charge in [0.1, 0.15) is 0 Å². The highest BCUT2D eigenvalue weighted by Crippen LogP contribution is 2.28. The van der Waals surface area contributed by atoms with Crippen LogP contribution >= 0.6 is 11.3 Å². The zero-order valence-electron chi connectivity index (χ0n) is 11.2. The molecule has 0 bridgehead atoms. The molecule has 0 saturated heterocycles. The van der Waals surface area contributed by atoms with Crippen LogP contribution in [-0.2, 0) is 0 Å². The highest BCUT2D eigenvalue weighted by molar-refractivity contribution is 7.12. The summed E-state index contributed by atoms with van der Waals surface area (Å²) in [6, 6.07) is 4.62. The molecule has 0 aliphatic carbocycles. The Labute approximate surface area is 112 Å². The van der Waals surface area contributed by atoms with Crippen LogP contribution in [0.5, 0.6) is 0 Å². The van der Waals surface area contributed by atoms with Crippen molar-refractivity contribution in [3.63, 3.8) is 0 Å². The van der Waals surface area contributed by atoms with E-state index in [0.717, 1.165) is 11.4 Å². The van der Waals surface area contributed by atoms with Crippen LogP contribution in [-0.4, -0.2) is 12.0 Å². The van der Waals surface area contributed by atoms with Crippen LogP contribution in [0.25, 0.3) is 0 Å². The van der Waals surface area contributed by atoms with Crippen LogP contribution in [0.3, 0.4) is 0 Å². The molecule has 2 rings (SSSR count). The molecule has 2 heterocycles. The first-order valence-electron chi connectivity index (χ1n) is 6.06. The lowest BCUT2D eigenvalue weighted by Crippen LogP contribution is -2.07. The monoisotopic (exact) mass is 261 g/mol. The van der Waals surface area contributed by atoms with E-state index < -0.39 is 0 Å². The second-order valence-corrected chi connectivity index (χ2v) is 5.91. The zero-order chi connectivity index (χ0) is 13.1. The standard InChI is InChI=1S/C14H19N3S/c1-9-5-14(11(3)18-9)10(2)17-13-6-12(15-4)7-16-8-13/h5-8,10,15,17H,1-4H3. The molecular formula is C14H19N3S. The molecule has 3 nitrogen and oxygen atoms in total. The molecule has 0 aliphatic rings. The van der Waals surface area contributed by atoms with Gasteiger partial charge in [-0.2, -0.15) is 0 Å². The highest BCUT2D eigenvalue weighted by atomic mass is 32.1. The normalized spacial score (nSPS) is 12.2. The van der Waals surface area contributed by atoms with E-state index in [4.69, 9.17) is 0 Å². The molecule has 0 aliphatic heterocycles. The van der Waals surface area contributed by atoms with Crippen LogP contribution in [0.2, 0.25) is 0 Å². The van der Waals surface area contributed by atoms with Gasteiger partial charge in [-0.25, -0.2) is 0 Å². The summed E-state index contributed by atoms with van der Waals surface area (Å²) in [4.78, 5) is 6.95. The minimum absolute atomic E-state index is 0.295. The number of anilines is 2. The fraction of sp³-hybridized carbons (Fsp3) is 0.357. The second kappa shape index (κ2) is 5.40. The number of hydrogen-bond donors (Lipinski definition) is 2. The van der Waals surface area contributed by atoms with E-state index in [0.29, 0.717) is 6.04 Å². The highest BCUT2D eigenvalue weighted by Gasteiger charge is 2.11. The number of aryl methyl sites for hydroxylation is 2. The molecule has 1 unspecified atom stereocenters. The van der Waals surface area contributed by atoms with Crippen molar-refractivity contribution >= 4 is 22.7 Å². The van der Waals surface area contributed by atoms with Crippen LogP contribution in [0, 0.1) is 13.8 Å². The second-order valence-electron chi connectivity index (χ2n) is 4.45. The van der Waals surface area contributed by atoms with Gasteiger partial charge in [-0.15, -0.1) is 11.3 Å². The Morgan fingerprint density at radius 3 is 2.50 bits per heavy atom. The molecule has 2 aromatic rings. The predicted octanol–water partition coefficient (Wildman–Crippen LogP) is 3.97. The van der Waals surface area contributed by atoms with Crippen molar-refractivity contribution in [1.82, 2.24) is 4.98 Å². The van der Waals surface area contributed by atoms with Crippen LogP contribution in [0.4, 0.5) is 11.4 Å². The Balaban J connectivity index is 2.15. The molecule has 0 fully saturated rings. The Kier molecular flexibility index (Phi) is 3.87. The van der Waals surface area contributed by atoms with Gasteiger partial charge in [0.2, 0.25) is 0 Å². The molecule has 0 spiro atoms. The number of nitrogens with one attached hydrogen (secondary N) is 2. The number of pyridine rings is 1. The van der Waals surface area contributed by atoms with Gasteiger partial charge in [-0.3, -0.25) is 4.98 Å². The van der Waals surface area contributed by atoms with Gasteiger partial charge >= 0.3 is 0 Å². The Hall–Kier alpha value is -1.55. The zero-order valence-corrected chi connectivity index (χ0v) is 12.1. The average Bonchev–Trinajstić information content (AvgIpc) is 2.69. The van der Waals surface area contributed by atoms with E-state index >= 15 is 0 Å². The van der Waals surface area contributed by atoms with Crippen molar-refractivity contribution in [2.45, 2.75) is 26.8 Å². The molecule has 2 N–H and O–H groups in total. The first-order chi connectivity index (χ1) is 8.60. The van der Waals surface area contributed by atoms with Crippen molar-refractivity contribution in [2.24, 2.45) is 0 Å². The number of nitrogens with zero attached hydrogens (tertiary/aromatic N) is 1. The molecule has 0 radical (unpaired) electrons. The van der Waals surface area contributed by atoms with Crippen LogP contribution < -0.4 is 10.6 Å². The third kappa shape index (κ3) is 2.82. The fourth-order valence-corrected chi connectivity index (χ4v) is 3.09. The minimum atomic E-state index is 0.295. The molecular weight excluding hydrogens is 242 g/mol. The summed E-state index contributed by atoms with van der Waals surface area (Å²) in [6.07, 6.45) is 3.67. The van der Waals surface area contributed by atoms with E-state index in [1.165, 1.54) is 15.3 Å². The first-order valence-corrected chi connectivity index (χ1v) is 6.88. The quantitative estimate of drug-likeness (QED) is 0.874. The summed E-state index contributed by atoms with van der Waals surface area (Å²) in [5.41, 5.74) is 3.43. The molecule has 18 heavy (non-hydrogen) atoms. The number of aromatic nitrogens is 1. The summed E-state index contributed by atoms with van der Waals surface area (Å²) >= 11 is 1.85. The molecule has 4 heteroatoms. The fourth-order valence-electron chi connectivity index (χ4n) is 2.06. The van der Waals surface area contributed by atoms with Crippen molar-refractivity contribution in [2.75, 3.05) is 17.7 Å². The number of rotatable bonds is 4. The summed E-state index contributed by atoms with van der Waals surface area (Å²) < 4.78 is 0. The van der Waals surface area contributed by atoms with Crippen molar-refractivity contribution < 1.29 is 0 Å². The van der Waals surface area contributed by atoms with Crippen LogP contribution in [0.1, 0.15) is 28.3 Å². The van der Waals surface area contributed by atoms with Crippen molar-refractivity contribution in [3.05, 3.63) is 39.8 Å². The molecule has 2 aromatic heterocycles. The van der Waals surface area contributed by atoms with Gasteiger partial charge in [-0.1, -0.05) is 0 Å². The smallest absolute Gasteiger partial charge is 0.0552 e. The lowest BCUT2D eigenvalue weighted by Gasteiger charge is -2.15. The van der Waals surface area contributed by atoms with Gasteiger partial charge in [0.05, 0.1) is 23.8 Å². The van der Waals surface area contributed by atoms with E-state index in [1.54, 1.807) is 0 Å². The van der Waals surface area contributed by atoms with Gasteiger partial charge in [0, 0.05) is 22.8 Å². The van der Waals surface area contributed by atoms with Gasteiger partial charge in [0.15, 0.2) is 0 Å². The maximum Gasteiger partial charge on any atom is 0.0552 e. The Morgan fingerprint density at radius 2 is 1.89 bits per heavy atom. The predicted molar refractivity (Wildman–Crippen MR) is 79.6 cm³/mol. The van der Waals surface area contributed by atoms with Gasteiger partial charge in [-0.05, 0) is 38.5 Å². The third-order valence-electron chi connectivity index (χ3n) is 2.96.